The molecule has 0 saturated carbocycles. The van der Waals surface area contributed by atoms with Crippen LogP contribution < -0.4 is 11.1 Å². The zero-order chi connectivity index (χ0) is 15.7. The second-order valence-electron chi connectivity index (χ2n) is 4.96. The average molecular weight is 315 g/mol. The molecule has 0 spiro atoms. The monoisotopic (exact) mass is 315 g/mol. The molecule has 1 aliphatic carbocycles. The van der Waals surface area contributed by atoms with Crippen molar-refractivity contribution in [2.45, 2.75) is 19.3 Å². The number of rotatable bonds is 3. The van der Waals surface area contributed by atoms with Crippen LogP contribution in [-0.2, 0) is 17.6 Å². The van der Waals surface area contributed by atoms with Crippen LogP contribution in [0.3, 0.4) is 0 Å². The van der Waals surface area contributed by atoms with Gasteiger partial charge in [-0.3, -0.25) is 19.4 Å². The fraction of sp³-hybridized carbons (Fsp3) is 0.200. The van der Waals surface area contributed by atoms with E-state index >= 15 is 0 Å². The van der Waals surface area contributed by atoms with E-state index in [9.17, 15) is 14.4 Å². The Balaban J connectivity index is 1.95. The van der Waals surface area contributed by atoms with E-state index < -0.39 is 11.8 Å². The Kier molecular flexibility index (Phi) is 3.72. The number of ketones is 1. The van der Waals surface area contributed by atoms with Crippen LogP contribution in [-0.4, -0.2) is 22.6 Å². The van der Waals surface area contributed by atoms with Crippen molar-refractivity contribution in [3.05, 3.63) is 46.1 Å². The summed E-state index contributed by atoms with van der Waals surface area (Å²) in [6.45, 7) is 0. The van der Waals surface area contributed by atoms with Gasteiger partial charge in [-0.1, -0.05) is 6.07 Å². The normalized spacial score (nSPS) is 13.5. The third-order valence-electron chi connectivity index (χ3n) is 3.47. The molecule has 0 aromatic carbocycles. The molecule has 7 heteroatoms. The second-order valence-corrected chi connectivity index (χ2v) is 6.06. The SMILES string of the molecule is NC(=O)c1c(NC(=O)c2ccccn2)sc2c1CCC(=O)C2. The van der Waals surface area contributed by atoms with E-state index in [1.165, 1.54) is 17.5 Å². The number of nitrogens with zero attached hydrogens (tertiary/aromatic N) is 1. The van der Waals surface area contributed by atoms with E-state index in [1.807, 2.05) is 0 Å². The third kappa shape index (κ3) is 2.62. The van der Waals surface area contributed by atoms with Gasteiger partial charge in [0.1, 0.15) is 16.5 Å². The lowest BCUT2D eigenvalue weighted by Gasteiger charge is -2.10. The van der Waals surface area contributed by atoms with Gasteiger partial charge in [0.25, 0.3) is 11.8 Å². The van der Waals surface area contributed by atoms with Gasteiger partial charge in [0.15, 0.2) is 0 Å². The summed E-state index contributed by atoms with van der Waals surface area (Å²) < 4.78 is 0. The lowest BCUT2D eigenvalue weighted by atomic mass is 9.94. The van der Waals surface area contributed by atoms with Crippen LogP contribution >= 0.6 is 11.3 Å². The van der Waals surface area contributed by atoms with Gasteiger partial charge in [-0.25, -0.2) is 0 Å². The Morgan fingerprint density at radius 1 is 1.27 bits per heavy atom. The molecule has 0 saturated heterocycles. The van der Waals surface area contributed by atoms with E-state index in [4.69, 9.17) is 5.73 Å². The standard InChI is InChI=1S/C15H13N3O3S/c16-13(20)12-9-5-4-8(19)7-11(9)22-15(12)18-14(21)10-3-1-2-6-17-10/h1-3,6H,4-5,7H2,(H2,16,20)(H,18,21). The number of hydrogen-bond donors (Lipinski definition) is 2. The minimum absolute atomic E-state index is 0.132. The number of nitrogens with one attached hydrogen (secondary N) is 1. The zero-order valence-electron chi connectivity index (χ0n) is 11.6. The van der Waals surface area contributed by atoms with Crippen molar-refractivity contribution < 1.29 is 14.4 Å². The number of primary amides is 1. The summed E-state index contributed by atoms with van der Waals surface area (Å²) in [5, 5.41) is 3.08. The van der Waals surface area contributed by atoms with Gasteiger partial charge in [0, 0.05) is 23.9 Å². The number of pyridine rings is 1. The van der Waals surface area contributed by atoms with E-state index in [0.717, 1.165) is 10.4 Å². The molecule has 2 aromatic heterocycles. The summed E-state index contributed by atoms with van der Waals surface area (Å²) in [5.41, 5.74) is 6.80. The molecule has 0 unspecified atom stereocenters. The summed E-state index contributed by atoms with van der Waals surface area (Å²) in [5.74, 6) is -0.872. The minimum Gasteiger partial charge on any atom is -0.365 e. The van der Waals surface area contributed by atoms with Gasteiger partial charge < -0.3 is 11.1 Å². The van der Waals surface area contributed by atoms with E-state index in [1.54, 1.807) is 18.2 Å². The molecule has 3 rings (SSSR count). The maximum absolute atomic E-state index is 12.2. The Labute approximate surface area is 130 Å². The van der Waals surface area contributed by atoms with Crippen molar-refractivity contribution in [1.29, 1.82) is 0 Å². The lowest BCUT2D eigenvalue weighted by Crippen LogP contribution is -2.20. The highest BCUT2D eigenvalue weighted by Crippen LogP contribution is 2.37. The molecule has 2 heterocycles. The first-order valence-corrected chi connectivity index (χ1v) is 7.56. The topological polar surface area (TPSA) is 102 Å². The molecule has 0 bridgehead atoms. The number of thiophene rings is 1. The summed E-state index contributed by atoms with van der Waals surface area (Å²) in [6, 6.07) is 4.99. The molecular weight excluding hydrogens is 302 g/mol. The van der Waals surface area contributed by atoms with Crippen molar-refractivity contribution in [3.63, 3.8) is 0 Å². The largest absolute Gasteiger partial charge is 0.365 e. The Morgan fingerprint density at radius 2 is 2.09 bits per heavy atom. The van der Waals surface area contributed by atoms with Crippen molar-refractivity contribution in [2.24, 2.45) is 5.73 Å². The number of Topliss-reactive ketones (excluding diaryl/α,β-unsaturated/α-hetero) is 1. The molecular formula is C15H13N3O3S. The van der Waals surface area contributed by atoms with Crippen molar-refractivity contribution in [1.82, 2.24) is 4.98 Å². The number of fused-ring (bicyclic) bond motifs is 1. The number of carbonyl (C=O) groups excluding carboxylic acids is 3. The Morgan fingerprint density at radius 3 is 2.77 bits per heavy atom. The molecule has 6 nitrogen and oxygen atoms in total. The van der Waals surface area contributed by atoms with Crippen molar-refractivity contribution in [2.75, 3.05) is 5.32 Å². The first-order chi connectivity index (χ1) is 10.6. The molecule has 0 fully saturated rings. The van der Waals surface area contributed by atoms with Crippen LogP contribution in [0.15, 0.2) is 24.4 Å². The molecule has 22 heavy (non-hydrogen) atoms. The van der Waals surface area contributed by atoms with Gasteiger partial charge in [-0.05, 0) is 24.1 Å². The summed E-state index contributed by atoms with van der Waals surface area (Å²) in [6.07, 6.45) is 2.70. The third-order valence-corrected chi connectivity index (χ3v) is 4.62. The van der Waals surface area contributed by atoms with Gasteiger partial charge in [0.2, 0.25) is 0 Å². The van der Waals surface area contributed by atoms with Crippen molar-refractivity contribution >= 4 is 33.9 Å². The number of carbonyl (C=O) groups is 3. The fourth-order valence-corrected chi connectivity index (χ4v) is 3.74. The highest BCUT2D eigenvalue weighted by atomic mass is 32.1. The maximum Gasteiger partial charge on any atom is 0.274 e. The van der Waals surface area contributed by atoms with Crippen LogP contribution in [0.25, 0.3) is 0 Å². The maximum atomic E-state index is 12.2. The lowest BCUT2D eigenvalue weighted by molar-refractivity contribution is -0.118. The van der Waals surface area contributed by atoms with Crippen LogP contribution in [0.2, 0.25) is 0 Å². The highest BCUT2D eigenvalue weighted by Gasteiger charge is 2.27. The van der Waals surface area contributed by atoms with Crippen LogP contribution in [0.4, 0.5) is 5.00 Å². The fourth-order valence-electron chi connectivity index (χ4n) is 2.46. The molecule has 1 aliphatic rings. The molecule has 3 N–H and O–H groups in total. The summed E-state index contributed by atoms with van der Waals surface area (Å²) in [7, 11) is 0. The van der Waals surface area contributed by atoms with E-state index in [2.05, 4.69) is 10.3 Å². The smallest absolute Gasteiger partial charge is 0.274 e. The Hall–Kier alpha value is -2.54. The molecule has 112 valence electrons. The van der Waals surface area contributed by atoms with Crippen LogP contribution in [0, 0.1) is 0 Å². The van der Waals surface area contributed by atoms with Gasteiger partial charge in [-0.15, -0.1) is 11.3 Å². The van der Waals surface area contributed by atoms with Crippen LogP contribution in [0.1, 0.15) is 37.7 Å². The predicted molar refractivity (Wildman–Crippen MR) is 82.1 cm³/mol. The van der Waals surface area contributed by atoms with E-state index in [0.29, 0.717) is 29.8 Å². The summed E-state index contributed by atoms with van der Waals surface area (Å²) >= 11 is 1.24. The minimum atomic E-state index is -0.594. The van der Waals surface area contributed by atoms with Gasteiger partial charge in [-0.2, -0.15) is 0 Å². The predicted octanol–water partition coefficient (Wildman–Crippen LogP) is 1.55. The zero-order valence-corrected chi connectivity index (χ0v) is 12.4. The average Bonchev–Trinajstić information content (AvgIpc) is 2.85. The molecule has 2 aromatic rings. The number of hydrogen-bond acceptors (Lipinski definition) is 5. The van der Waals surface area contributed by atoms with Crippen molar-refractivity contribution in [3.8, 4) is 0 Å². The quantitative estimate of drug-likeness (QED) is 0.897. The Bertz CT molecular complexity index is 768. The number of aromatic nitrogens is 1. The number of nitrogens with two attached hydrogens (primary N) is 1. The number of anilines is 1. The van der Waals surface area contributed by atoms with Crippen LogP contribution in [0.5, 0.6) is 0 Å². The number of amides is 2. The first kappa shape index (κ1) is 14.4. The van der Waals surface area contributed by atoms with E-state index in [-0.39, 0.29) is 11.5 Å². The van der Waals surface area contributed by atoms with Gasteiger partial charge >= 0.3 is 0 Å². The highest BCUT2D eigenvalue weighted by molar-refractivity contribution is 7.17. The first-order valence-electron chi connectivity index (χ1n) is 6.74. The van der Waals surface area contributed by atoms with Gasteiger partial charge in [0.05, 0.1) is 5.56 Å². The molecule has 0 aliphatic heterocycles. The molecule has 0 atom stereocenters. The molecule has 0 radical (unpaired) electrons. The second kappa shape index (κ2) is 5.69. The summed E-state index contributed by atoms with van der Waals surface area (Å²) in [4.78, 5) is 40.2. The molecule has 2 amide bonds.